The summed E-state index contributed by atoms with van der Waals surface area (Å²) < 4.78 is 36.7. The van der Waals surface area contributed by atoms with Gasteiger partial charge in [0.15, 0.2) is 4.87 Å². The second kappa shape index (κ2) is 11.0. The van der Waals surface area contributed by atoms with Crippen LogP contribution < -0.4 is 20.1 Å². The maximum atomic E-state index is 14.3. The number of ether oxygens (including phenoxy) is 1. The molecular formula is C26H30N4O4S. The van der Waals surface area contributed by atoms with Crippen molar-refractivity contribution in [1.29, 1.82) is 0 Å². The summed E-state index contributed by atoms with van der Waals surface area (Å²) in [6.07, 6.45) is 4.39. The van der Waals surface area contributed by atoms with Crippen LogP contribution in [0.5, 0.6) is 5.75 Å². The molecule has 1 aliphatic heterocycles. The highest BCUT2D eigenvalue weighted by atomic mass is 32.2. The SMILES string of the molecule is COc1ccccc1C(=O)NC(c1ccccc1)(C1CCNCC1)S(=O)(=O)NCc1ccncc1. The van der Waals surface area contributed by atoms with Gasteiger partial charge in [0.2, 0.25) is 10.0 Å². The summed E-state index contributed by atoms with van der Waals surface area (Å²) in [6, 6.07) is 19.2. The Bertz CT molecular complexity index is 1230. The first kappa shape index (κ1) is 24.8. The molecule has 2 heterocycles. The first-order valence-corrected chi connectivity index (χ1v) is 13.1. The predicted octanol–water partition coefficient (Wildman–Crippen LogP) is 2.79. The van der Waals surface area contributed by atoms with Crippen LogP contribution in [0.4, 0.5) is 0 Å². The summed E-state index contributed by atoms with van der Waals surface area (Å²) in [4.78, 5) is 16.0. The average molecular weight is 495 g/mol. The van der Waals surface area contributed by atoms with Crippen LogP contribution in [0.25, 0.3) is 0 Å². The molecule has 1 aromatic heterocycles. The summed E-state index contributed by atoms with van der Waals surface area (Å²) in [7, 11) is -2.65. The van der Waals surface area contributed by atoms with E-state index in [-0.39, 0.29) is 18.0 Å². The van der Waals surface area contributed by atoms with Crippen LogP contribution in [0.2, 0.25) is 0 Å². The van der Waals surface area contributed by atoms with Gasteiger partial charge in [0.1, 0.15) is 5.75 Å². The highest BCUT2D eigenvalue weighted by molar-refractivity contribution is 7.90. The molecule has 1 atom stereocenters. The Balaban J connectivity index is 1.82. The van der Waals surface area contributed by atoms with E-state index in [1.54, 1.807) is 73.1 Å². The fourth-order valence-corrected chi connectivity index (χ4v) is 6.56. The Morgan fingerprint density at radius 3 is 2.37 bits per heavy atom. The van der Waals surface area contributed by atoms with Gasteiger partial charge in [-0.3, -0.25) is 9.78 Å². The molecule has 1 amide bonds. The van der Waals surface area contributed by atoms with Crippen LogP contribution in [0.3, 0.4) is 0 Å². The number of benzene rings is 2. The molecule has 0 saturated carbocycles. The maximum absolute atomic E-state index is 14.3. The van der Waals surface area contributed by atoms with Crippen LogP contribution in [0.1, 0.15) is 34.3 Å². The van der Waals surface area contributed by atoms with E-state index in [1.807, 2.05) is 6.07 Å². The van der Waals surface area contributed by atoms with Crippen LogP contribution in [0, 0.1) is 5.92 Å². The number of nitrogens with zero attached hydrogens (tertiary/aromatic N) is 1. The third kappa shape index (κ3) is 5.22. The molecule has 0 radical (unpaired) electrons. The van der Waals surface area contributed by atoms with Crippen molar-refractivity contribution in [3.63, 3.8) is 0 Å². The molecule has 184 valence electrons. The Kier molecular flexibility index (Phi) is 7.80. The molecule has 3 N–H and O–H groups in total. The van der Waals surface area contributed by atoms with Gasteiger partial charge in [0.25, 0.3) is 5.91 Å². The minimum Gasteiger partial charge on any atom is -0.496 e. The molecule has 9 heteroatoms. The third-order valence-corrected chi connectivity index (χ3v) is 8.45. The van der Waals surface area contributed by atoms with Crippen molar-refractivity contribution in [3.05, 3.63) is 95.8 Å². The summed E-state index contributed by atoms with van der Waals surface area (Å²) in [6.45, 7) is 1.39. The van der Waals surface area contributed by atoms with E-state index in [1.165, 1.54) is 7.11 Å². The summed E-state index contributed by atoms with van der Waals surface area (Å²) in [5.74, 6) is -0.502. The van der Waals surface area contributed by atoms with Gasteiger partial charge in [-0.25, -0.2) is 13.1 Å². The number of pyridine rings is 1. The first-order chi connectivity index (χ1) is 17.0. The molecule has 1 unspecified atom stereocenters. The summed E-state index contributed by atoms with van der Waals surface area (Å²) >= 11 is 0. The van der Waals surface area contributed by atoms with Crippen LogP contribution in [0.15, 0.2) is 79.1 Å². The minimum absolute atomic E-state index is 0.0783. The molecule has 1 fully saturated rings. The number of rotatable bonds is 9. The van der Waals surface area contributed by atoms with Gasteiger partial charge in [0.05, 0.1) is 12.7 Å². The molecule has 0 aliphatic carbocycles. The number of aromatic nitrogens is 1. The average Bonchev–Trinajstić information content (AvgIpc) is 2.92. The van der Waals surface area contributed by atoms with Crippen molar-refractivity contribution in [3.8, 4) is 5.75 Å². The zero-order valence-electron chi connectivity index (χ0n) is 19.6. The zero-order chi connectivity index (χ0) is 24.7. The Hall–Kier alpha value is -3.27. The molecule has 1 aliphatic rings. The van der Waals surface area contributed by atoms with E-state index in [0.717, 1.165) is 5.56 Å². The normalized spacial score (nSPS) is 16.3. The lowest BCUT2D eigenvalue weighted by Gasteiger charge is -2.43. The fraction of sp³-hybridized carbons (Fsp3) is 0.308. The second-order valence-corrected chi connectivity index (χ2v) is 10.4. The number of sulfonamides is 1. The Morgan fingerprint density at radius 2 is 1.69 bits per heavy atom. The molecule has 8 nitrogen and oxygen atoms in total. The van der Waals surface area contributed by atoms with Crippen molar-refractivity contribution in [1.82, 2.24) is 20.3 Å². The van der Waals surface area contributed by atoms with E-state index < -0.39 is 20.8 Å². The number of carbonyl (C=O) groups excluding carboxylic acids is 1. The largest absolute Gasteiger partial charge is 0.496 e. The van der Waals surface area contributed by atoms with Gasteiger partial charge in [-0.1, -0.05) is 42.5 Å². The molecule has 4 rings (SSSR count). The smallest absolute Gasteiger partial charge is 0.256 e. The van der Waals surface area contributed by atoms with Gasteiger partial charge in [0, 0.05) is 24.9 Å². The van der Waals surface area contributed by atoms with Gasteiger partial charge in [-0.2, -0.15) is 0 Å². The number of piperidine rings is 1. The van der Waals surface area contributed by atoms with Crippen molar-refractivity contribution < 1.29 is 17.9 Å². The summed E-state index contributed by atoms with van der Waals surface area (Å²) in [5.41, 5.74) is 1.55. The van der Waals surface area contributed by atoms with Crippen molar-refractivity contribution in [2.24, 2.45) is 5.92 Å². The molecular weight excluding hydrogens is 464 g/mol. The van der Waals surface area contributed by atoms with Crippen molar-refractivity contribution in [2.45, 2.75) is 24.3 Å². The topological polar surface area (TPSA) is 109 Å². The van der Waals surface area contributed by atoms with E-state index in [4.69, 9.17) is 4.74 Å². The number of hydrogen-bond acceptors (Lipinski definition) is 6. The summed E-state index contributed by atoms with van der Waals surface area (Å²) in [5, 5.41) is 6.27. The number of para-hydroxylation sites is 1. The molecule has 2 aromatic carbocycles. The minimum atomic E-state index is -4.13. The number of nitrogens with one attached hydrogen (secondary N) is 3. The molecule has 0 bridgehead atoms. The van der Waals surface area contributed by atoms with Crippen LogP contribution in [-0.4, -0.2) is 39.5 Å². The Labute approximate surface area is 206 Å². The zero-order valence-corrected chi connectivity index (χ0v) is 20.4. The van der Waals surface area contributed by atoms with Crippen molar-refractivity contribution in [2.75, 3.05) is 20.2 Å². The van der Waals surface area contributed by atoms with E-state index >= 15 is 0 Å². The lowest BCUT2D eigenvalue weighted by molar-refractivity contribution is 0.0886. The standard InChI is InChI=1S/C26H30N4O4S/c1-34-24-10-6-5-9-23(24)25(31)30-26(21-7-3-2-4-8-21,22-13-17-28-18-14-22)35(32,33)29-19-20-11-15-27-16-12-20/h2-12,15-16,22,28-29H,13-14,17-19H2,1H3,(H,30,31). The predicted molar refractivity (Wildman–Crippen MR) is 134 cm³/mol. The lowest BCUT2D eigenvalue weighted by atomic mass is 9.85. The monoisotopic (exact) mass is 494 g/mol. The molecule has 1 saturated heterocycles. The lowest BCUT2D eigenvalue weighted by Crippen LogP contribution is -2.61. The quantitative estimate of drug-likeness (QED) is 0.422. The maximum Gasteiger partial charge on any atom is 0.256 e. The molecule has 0 spiro atoms. The van der Waals surface area contributed by atoms with Crippen LogP contribution >= 0.6 is 0 Å². The van der Waals surface area contributed by atoms with Gasteiger partial charge >= 0.3 is 0 Å². The van der Waals surface area contributed by atoms with Gasteiger partial charge in [-0.05, 0) is 61.3 Å². The number of amides is 1. The van der Waals surface area contributed by atoms with E-state index in [2.05, 4.69) is 20.3 Å². The number of hydrogen-bond donors (Lipinski definition) is 3. The molecule has 3 aromatic rings. The van der Waals surface area contributed by atoms with E-state index in [0.29, 0.717) is 37.2 Å². The van der Waals surface area contributed by atoms with E-state index in [9.17, 15) is 13.2 Å². The highest BCUT2D eigenvalue weighted by Crippen LogP contribution is 2.40. The third-order valence-electron chi connectivity index (χ3n) is 6.41. The number of carbonyl (C=O) groups is 1. The highest BCUT2D eigenvalue weighted by Gasteiger charge is 2.53. The Morgan fingerprint density at radius 1 is 1.03 bits per heavy atom. The van der Waals surface area contributed by atoms with Crippen LogP contribution in [-0.2, 0) is 21.4 Å². The van der Waals surface area contributed by atoms with Gasteiger partial charge < -0.3 is 15.4 Å². The van der Waals surface area contributed by atoms with Crippen molar-refractivity contribution >= 4 is 15.9 Å². The number of methoxy groups -OCH3 is 1. The molecule has 35 heavy (non-hydrogen) atoms. The fourth-order valence-electron chi connectivity index (χ4n) is 4.63. The first-order valence-electron chi connectivity index (χ1n) is 11.6. The van der Waals surface area contributed by atoms with Gasteiger partial charge in [-0.15, -0.1) is 0 Å². The second-order valence-electron chi connectivity index (χ2n) is 8.46.